The number of benzene rings is 1. The fourth-order valence-electron chi connectivity index (χ4n) is 1.16. The molecule has 1 aromatic rings. The van der Waals surface area contributed by atoms with E-state index in [2.05, 4.69) is 11.9 Å². The molecule has 16 heavy (non-hydrogen) atoms. The van der Waals surface area contributed by atoms with Crippen LogP contribution in [0.1, 0.15) is 15.9 Å². The van der Waals surface area contributed by atoms with Crippen LogP contribution in [0.25, 0.3) is 0 Å². The van der Waals surface area contributed by atoms with Crippen LogP contribution >= 0.6 is 0 Å². The summed E-state index contributed by atoms with van der Waals surface area (Å²) in [5, 5.41) is 20.8. The number of nitrogens with one attached hydrogen (secondary N) is 1. The Morgan fingerprint density at radius 1 is 1.44 bits per heavy atom. The lowest BCUT2D eigenvalue weighted by Gasteiger charge is -2.07. The maximum Gasteiger partial charge on any atom is 0.339 e. The summed E-state index contributed by atoms with van der Waals surface area (Å²) in [4.78, 5) is 21.6. The van der Waals surface area contributed by atoms with Crippen molar-refractivity contribution in [1.29, 1.82) is 0 Å². The molecule has 1 rings (SSSR count). The molecule has 0 saturated carbocycles. The Morgan fingerprint density at radius 2 is 2.12 bits per heavy atom. The predicted octanol–water partition coefficient (Wildman–Crippen LogP) is 0.893. The Bertz CT molecular complexity index is 440. The molecule has 0 fully saturated rings. The molecule has 0 unspecified atom stereocenters. The van der Waals surface area contributed by atoms with E-state index in [1.807, 2.05) is 0 Å². The zero-order valence-corrected chi connectivity index (χ0v) is 8.43. The lowest BCUT2D eigenvalue weighted by molar-refractivity contribution is -0.116. The van der Waals surface area contributed by atoms with E-state index in [1.54, 1.807) is 0 Å². The molecule has 0 bridgehead atoms. The Hall–Kier alpha value is -2.30. The van der Waals surface area contributed by atoms with E-state index in [0.717, 1.165) is 6.08 Å². The molecule has 0 saturated heterocycles. The minimum absolute atomic E-state index is 0.0534. The van der Waals surface area contributed by atoms with Crippen LogP contribution < -0.4 is 5.32 Å². The van der Waals surface area contributed by atoms with Gasteiger partial charge < -0.3 is 15.5 Å². The largest absolute Gasteiger partial charge is 0.507 e. The molecule has 0 aliphatic rings. The Balaban J connectivity index is 2.89. The molecule has 0 heterocycles. The van der Waals surface area contributed by atoms with Gasteiger partial charge in [-0.3, -0.25) is 4.79 Å². The van der Waals surface area contributed by atoms with Crippen molar-refractivity contribution >= 4 is 11.9 Å². The van der Waals surface area contributed by atoms with Crippen molar-refractivity contribution in [2.75, 3.05) is 0 Å². The van der Waals surface area contributed by atoms with E-state index in [-0.39, 0.29) is 23.8 Å². The van der Waals surface area contributed by atoms with Gasteiger partial charge in [0, 0.05) is 12.1 Å². The third-order valence-corrected chi connectivity index (χ3v) is 1.99. The average Bonchev–Trinajstić information content (AvgIpc) is 2.26. The number of hydrogen-bond donors (Lipinski definition) is 3. The third-order valence-electron chi connectivity index (χ3n) is 1.99. The number of carboxylic acids is 1. The molecule has 5 nitrogen and oxygen atoms in total. The summed E-state index contributed by atoms with van der Waals surface area (Å²) in [6, 6.07) is 4.32. The summed E-state index contributed by atoms with van der Waals surface area (Å²) in [7, 11) is 0. The van der Waals surface area contributed by atoms with Gasteiger partial charge in [-0.1, -0.05) is 18.7 Å². The van der Waals surface area contributed by atoms with Crippen molar-refractivity contribution in [2.24, 2.45) is 0 Å². The first-order valence-electron chi connectivity index (χ1n) is 4.50. The second-order valence-electron chi connectivity index (χ2n) is 3.04. The molecule has 0 aliphatic heterocycles. The van der Waals surface area contributed by atoms with Crippen LogP contribution in [0.3, 0.4) is 0 Å². The van der Waals surface area contributed by atoms with Gasteiger partial charge in [0.1, 0.15) is 11.3 Å². The highest BCUT2D eigenvalue weighted by Gasteiger charge is 2.12. The normalized spacial score (nSPS) is 9.50. The molecule has 1 amide bonds. The number of amides is 1. The molecule has 0 aliphatic carbocycles. The van der Waals surface area contributed by atoms with E-state index in [4.69, 9.17) is 5.11 Å². The van der Waals surface area contributed by atoms with E-state index in [1.165, 1.54) is 18.2 Å². The molecule has 5 heteroatoms. The number of aromatic hydroxyl groups is 1. The first-order chi connectivity index (χ1) is 7.56. The van der Waals surface area contributed by atoms with E-state index >= 15 is 0 Å². The number of carbonyl (C=O) groups excluding carboxylic acids is 1. The van der Waals surface area contributed by atoms with Crippen molar-refractivity contribution in [3.8, 4) is 5.75 Å². The third kappa shape index (κ3) is 2.60. The molecular formula is C11H11NO4. The van der Waals surface area contributed by atoms with Gasteiger partial charge in [0.2, 0.25) is 5.91 Å². The van der Waals surface area contributed by atoms with E-state index in [9.17, 15) is 14.7 Å². The average molecular weight is 221 g/mol. The Labute approximate surface area is 92.0 Å². The van der Waals surface area contributed by atoms with Crippen molar-refractivity contribution in [3.05, 3.63) is 42.0 Å². The van der Waals surface area contributed by atoms with Crippen LogP contribution in [-0.2, 0) is 11.3 Å². The number of aromatic carboxylic acids is 1. The van der Waals surface area contributed by atoms with Crippen molar-refractivity contribution in [1.82, 2.24) is 5.32 Å². The molecule has 0 atom stereocenters. The summed E-state index contributed by atoms with van der Waals surface area (Å²) in [5.74, 6) is -1.94. The Morgan fingerprint density at radius 3 is 2.69 bits per heavy atom. The Kier molecular flexibility index (Phi) is 3.66. The molecule has 0 aromatic heterocycles. The standard InChI is InChI=1S/C11H11NO4/c1-2-9(13)12-6-7-4-3-5-8(10(7)14)11(15)16/h2-5,14H,1,6H2,(H,12,13)(H,15,16). The highest BCUT2D eigenvalue weighted by atomic mass is 16.4. The highest BCUT2D eigenvalue weighted by molar-refractivity contribution is 5.91. The fourth-order valence-corrected chi connectivity index (χ4v) is 1.16. The van der Waals surface area contributed by atoms with Crippen LogP contribution in [0.15, 0.2) is 30.9 Å². The van der Waals surface area contributed by atoms with Gasteiger partial charge in [0.15, 0.2) is 0 Å². The lowest BCUT2D eigenvalue weighted by Crippen LogP contribution is -2.20. The van der Waals surface area contributed by atoms with Crippen molar-refractivity contribution in [3.63, 3.8) is 0 Å². The summed E-state index contributed by atoms with van der Waals surface area (Å²) >= 11 is 0. The minimum Gasteiger partial charge on any atom is -0.507 e. The molecule has 3 N–H and O–H groups in total. The molecule has 84 valence electrons. The van der Waals surface area contributed by atoms with Crippen LogP contribution in [0.2, 0.25) is 0 Å². The van der Waals surface area contributed by atoms with Crippen LogP contribution in [0.5, 0.6) is 5.75 Å². The van der Waals surface area contributed by atoms with E-state index in [0.29, 0.717) is 5.56 Å². The topological polar surface area (TPSA) is 86.6 Å². The summed E-state index contributed by atoms with van der Waals surface area (Å²) in [5.41, 5.74) is 0.153. The second-order valence-corrected chi connectivity index (χ2v) is 3.04. The van der Waals surface area contributed by atoms with Gasteiger partial charge in [0.05, 0.1) is 0 Å². The van der Waals surface area contributed by atoms with E-state index < -0.39 is 5.97 Å². The summed E-state index contributed by atoms with van der Waals surface area (Å²) in [6.45, 7) is 3.33. The smallest absolute Gasteiger partial charge is 0.339 e. The summed E-state index contributed by atoms with van der Waals surface area (Å²) < 4.78 is 0. The van der Waals surface area contributed by atoms with Gasteiger partial charge >= 0.3 is 5.97 Å². The number of hydrogen-bond acceptors (Lipinski definition) is 3. The zero-order chi connectivity index (χ0) is 12.1. The van der Waals surface area contributed by atoms with Crippen LogP contribution in [0.4, 0.5) is 0 Å². The minimum atomic E-state index is -1.21. The SMILES string of the molecule is C=CC(=O)NCc1cccc(C(=O)O)c1O. The highest BCUT2D eigenvalue weighted by Crippen LogP contribution is 2.22. The monoisotopic (exact) mass is 221 g/mol. The predicted molar refractivity (Wildman–Crippen MR) is 57.1 cm³/mol. The maximum absolute atomic E-state index is 10.9. The molecule has 0 radical (unpaired) electrons. The van der Waals surface area contributed by atoms with Gasteiger partial charge in [-0.25, -0.2) is 4.79 Å². The van der Waals surface area contributed by atoms with Crippen LogP contribution in [0, 0.1) is 0 Å². The van der Waals surface area contributed by atoms with Crippen molar-refractivity contribution < 1.29 is 19.8 Å². The fraction of sp³-hybridized carbons (Fsp3) is 0.0909. The molecule has 1 aromatic carbocycles. The number of carboxylic acid groups (broad SMARTS) is 1. The van der Waals surface area contributed by atoms with Gasteiger partial charge in [-0.2, -0.15) is 0 Å². The molecular weight excluding hydrogens is 210 g/mol. The summed E-state index contributed by atoms with van der Waals surface area (Å²) in [6.07, 6.45) is 1.10. The first-order valence-corrected chi connectivity index (χ1v) is 4.50. The number of phenols is 1. The van der Waals surface area contributed by atoms with Crippen LogP contribution in [-0.4, -0.2) is 22.1 Å². The second kappa shape index (κ2) is 4.97. The number of carbonyl (C=O) groups is 2. The molecule has 0 spiro atoms. The number of rotatable bonds is 4. The number of para-hydroxylation sites is 1. The zero-order valence-electron chi connectivity index (χ0n) is 8.43. The van der Waals surface area contributed by atoms with Gasteiger partial charge in [-0.15, -0.1) is 0 Å². The maximum atomic E-state index is 10.9. The van der Waals surface area contributed by atoms with Crippen molar-refractivity contribution in [2.45, 2.75) is 6.54 Å². The van der Waals surface area contributed by atoms with Gasteiger partial charge in [0.25, 0.3) is 0 Å². The quantitative estimate of drug-likeness (QED) is 0.659. The lowest BCUT2D eigenvalue weighted by atomic mass is 10.1. The van der Waals surface area contributed by atoms with Gasteiger partial charge in [-0.05, 0) is 12.1 Å². The first kappa shape index (κ1) is 11.8.